The SMILES string of the molecule is CCC(C)(C(=O)c1ccc(OC)c(F)c1)N(C)C. The van der Waals surface area contributed by atoms with Crippen molar-refractivity contribution in [3.63, 3.8) is 0 Å². The van der Waals surface area contributed by atoms with Gasteiger partial charge in [0, 0.05) is 5.56 Å². The minimum Gasteiger partial charge on any atom is -0.494 e. The molecular weight excluding hydrogens is 233 g/mol. The van der Waals surface area contributed by atoms with E-state index < -0.39 is 11.4 Å². The first kappa shape index (κ1) is 14.6. The molecule has 0 aromatic heterocycles. The summed E-state index contributed by atoms with van der Waals surface area (Å²) in [5, 5.41) is 0. The van der Waals surface area contributed by atoms with Crippen LogP contribution in [0.25, 0.3) is 0 Å². The lowest BCUT2D eigenvalue weighted by Crippen LogP contribution is -2.48. The Hall–Kier alpha value is -1.42. The second-order valence-corrected chi connectivity index (χ2v) is 4.70. The summed E-state index contributed by atoms with van der Waals surface area (Å²) in [7, 11) is 5.10. The van der Waals surface area contributed by atoms with Crippen LogP contribution in [0.15, 0.2) is 18.2 Å². The predicted octanol–water partition coefficient (Wildman–Crippen LogP) is 2.75. The summed E-state index contributed by atoms with van der Waals surface area (Å²) in [6.07, 6.45) is 0.659. The van der Waals surface area contributed by atoms with E-state index in [1.165, 1.54) is 19.2 Å². The topological polar surface area (TPSA) is 29.5 Å². The highest BCUT2D eigenvalue weighted by molar-refractivity contribution is 6.03. The smallest absolute Gasteiger partial charge is 0.182 e. The maximum Gasteiger partial charge on any atom is 0.182 e. The van der Waals surface area contributed by atoms with Crippen LogP contribution in [0.3, 0.4) is 0 Å². The number of likely N-dealkylation sites (N-methyl/N-ethyl adjacent to an activating group) is 1. The molecule has 1 aromatic carbocycles. The van der Waals surface area contributed by atoms with Gasteiger partial charge in [-0.25, -0.2) is 4.39 Å². The minimum atomic E-state index is -0.624. The number of carbonyl (C=O) groups is 1. The number of methoxy groups -OCH3 is 1. The Labute approximate surface area is 108 Å². The van der Waals surface area contributed by atoms with Gasteiger partial charge in [0.1, 0.15) is 0 Å². The van der Waals surface area contributed by atoms with Crippen molar-refractivity contribution >= 4 is 5.78 Å². The normalized spacial score (nSPS) is 14.4. The number of halogens is 1. The molecule has 18 heavy (non-hydrogen) atoms. The van der Waals surface area contributed by atoms with Crippen molar-refractivity contribution in [2.45, 2.75) is 25.8 Å². The number of Topliss-reactive ketones (excluding diaryl/α,β-unsaturated/α-hetero) is 1. The largest absolute Gasteiger partial charge is 0.494 e. The molecule has 0 saturated carbocycles. The molecule has 0 radical (unpaired) electrons. The second kappa shape index (κ2) is 5.48. The summed E-state index contributed by atoms with van der Waals surface area (Å²) in [6, 6.07) is 4.31. The van der Waals surface area contributed by atoms with Gasteiger partial charge in [-0.05, 0) is 45.6 Å². The Morgan fingerprint density at radius 2 is 2.06 bits per heavy atom. The van der Waals surface area contributed by atoms with E-state index in [1.807, 2.05) is 32.8 Å². The molecule has 0 aliphatic heterocycles. The summed E-state index contributed by atoms with van der Waals surface area (Å²) < 4.78 is 18.5. The molecule has 1 aromatic rings. The van der Waals surface area contributed by atoms with E-state index in [4.69, 9.17) is 4.74 Å². The Morgan fingerprint density at radius 1 is 1.44 bits per heavy atom. The lowest BCUT2D eigenvalue weighted by Gasteiger charge is -2.34. The van der Waals surface area contributed by atoms with Crippen LogP contribution in [0.2, 0.25) is 0 Å². The van der Waals surface area contributed by atoms with E-state index in [0.29, 0.717) is 12.0 Å². The molecule has 1 rings (SSSR count). The van der Waals surface area contributed by atoms with Crippen molar-refractivity contribution in [3.8, 4) is 5.75 Å². The molecule has 0 amide bonds. The molecule has 1 unspecified atom stereocenters. The van der Waals surface area contributed by atoms with Crippen LogP contribution in [0.1, 0.15) is 30.6 Å². The third-order valence-electron chi connectivity index (χ3n) is 3.58. The molecule has 0 saturated heterocycles. The Balaban J connectivity index is 3.15. The van der Waals surface area contributed by atoms with Gasteiger partial charge < -0.3 is 4.74 Å². The van der Waals surface area contributed by atoms with Crippen molar-refractivity contribution in [3.05, 3.63) is 29.6 Å². The molecular formula is C14H20FNO2. The van der Waals surface area contributed by atoms with Crippen LogP contribution in [0.4, 0.5) is 4.39 Å². The van der Waals surface area contributed by atoms with E-state index in [9.17, 15) is 9.18 Å². The molecule has 3 nitrogen and oxygen atoms in total. The molecule has 0 bridgehead atoms. The zero-order chi connectivity index (χ0) is 13.9. The minimum absolute atomic E-state index is 0.0865. The fourth-order valence-corrected chi connectivity index (χ4v) is 1.80. The van der Waals surface area contributed by atoms with Gasteiger partial charge in [-0.15, -0.1) is 0 Å². The van der Waals surface area contributed by atoms with Crippen molar-refractivity contribution in [1.82, 2.24) is 4.90 Å². The number of benzene rings is 1. The third-order valence-corrected chi connectivity index (χ3v) is 3.58. The van der Waals surface area contributed by atoms with Crippen LogP contribution in [-0.4, -0.2) is 37.4 Å². The van der Waals surface area contributed by atoms with E-state index in [0.717, 1.165) is 0 Å². The van der Waals surface area contributed by atoms with Crippen LogP contribution in [-0.2, 0) is 0 Å². The lowest BCUT2D eigenvalue weighted by atomic mass is 9.87. The predicted molar refractivity (Wildman–Crippen MR) is 69.7 cm³/mol. The van der Waals surface area contributed by atoms with Crippen molar-refractivity contribution < 1.29 is 13.9 Å². The van der Waals surface area contributed by atoms with E-state index in [2.05, 4.69) is 0 Å². The number of ether oxygens (including phenoxy) is 1. The molecule has 0 aliphatic carbocycles. The van der Waals surface area contributed by atoms with Gasteiger partial charge in [0.05, 0.1) is 12.6 Å². The Bertz CT molecular complexity index is 445. The van der Waals surface area contributed by atoms with Crippen LogP contribution >= 0.6 is 0 Å². The fraction of sp³-hybridized carbons (Fsp3) is 0.500. The van der Waals surface area contributed by atoms with Crippen LogP contribution in [0, 0.1) is 5.82 Å². The van der Waals surface area contributed by atoms with Gasteiger partial charge >= 0.3 is 0 Å². The Morgan fingerprint density at radius 3 is 2.44 bits per heavy atom. The fourth-order valence-electron chi connectivity index (χ4n) is 1.80. The first-order valence-corrected chi connectivity index (χ1v) is 5.92. The van der Waals surface area contributed by atoms with Crippen molar-refractivity contribution in [2.75, 3.05) is 21.2 Å². The summed E-state index contributed by atoms with van der Waals surface area (Å²) in [5.41, 5.74) is -0.257. The standard InChI is InChI=1S/C14H20FNO2/c1-6-14(2,16(3)4)13(17)10-7-8-12(18-5)11(15)9-10/h7-9H,6H2,1-5H3. The molecule has 100 valence electrons. The zero-order valence-electron chi connectivity index (χ0n) is 11.6. The van der Waals surface area contributed by atoms with E-state index >= 15 is 0 Å². The summed E-state index contributed by atoms with van der Waals surface area (Å²) >= 11 is 0. The first-order chi connectivity index (χ1) is 8.36. The molecule has 0 N–H and O–H groups in total. The molecule has 0 heterocycles. The van der Waals surface area contributed by atoms with Crippen molar-refractivity contribution in [1.29, 1.82) is 0 Å². The van der Waals surface area contributed by atoms with Gasteiger partial charge in [-0.3, -0.25) is 9.69 Å². The number of hydrogen-bond acceptors (Lipinski definition) is 3. The van der Waals surface area contributed by atoms with Gasteiger partial charge in [-0.2, -0.15) is 0 Å². The average molecular weight is 253 g/mol. The van der Waals surface area contributed by atoms with Gasteiger partial charge in [0.2, 0.25) is 0 Å². The average Bonchev–Trinajstić information content (AvgIpc) is 2.36. The summed E-state index contributed by atoms with van der Waals surface area (Å²) in [5.74, 6) is -0.452. The van der Waals surface area contributed by atoms with E-state index in [1.54, 1.807) is 6.07 Å². The number of hydrogen-bond donors (Lipinski definition) is 0. The lowest BCUT2D eigenvalue weighted by molar-refractivity contribution is 0.0710. The highest BCUT2D eigenvalue weighted by Gasteiger charge is 2.34. The number of nitrogens with zero attached hydrogens (tertiary/aromatic N) is 1. The quantitative estimate of drug-likeness (QED) is 0.756. The first-order valence-electron chi connectivity index (χ1n) is 5.92. The van der Waals surface area contributed by atoms with E-state index in [-0.39, 0.29) is 11.5 Å². The second-order valence-electron chi connectivity index (χ2n) is 4.70. The molecule has 0 spiro atoms. The highest BCUT2D eigenvalue weighted by atomic mass is 19.1. The third kappa shape index (κ3) is 2.53. The maximum atomic E-state index is 13.6. The molecule has 0 fully saturated rings. The number of ketones is 1. The van der Waals surface area contributed by atoms with Crippen LogP contribution < -0.4 is 4.74 Å². The molecule has 1 atom stereocenters. The zero-order valence-corrected chi connectivity index (χ0v) is 11.6. The Kier molecular flexibility index (Phi) is 4.46. The summed E-state index contributed by atoms with van der Waals surface area (Å²) in [6.45, 7) is 3.80. The van der Waals surface area contributed by atoms with Gasteiger partial charge in [0.25, 0.3) is 0 Å². The maximum absolute atomic E-state index is 13.6. The number of rotatable bonds is 5. The van der Waals surface area contributed by atoms with Crippen molar-refractivity contribution in [2.24, 2.45) is 0 Å². The van der Waals surface area contributed by atoms with Crippen LogP contribution in [0.5, 0.6) is 5.75 Å². The molecule has 0 aliphatic rings. The molecule has 4 heteroatoms. The monoisotopic (exact) mass is 253 g/mol. The number of carbonyl (C=O) groups excluding carboxylic acids is 1. The highest BCUT2D eigenvalue weighted by Crippen LogP contribution is 2.25. The van der Waals surface area contributed by atoms with Gasteiger partial charge in [-0.1, -0.05) is 6.92 Å². The van der Waals surface area contributed by atoms with Gasteiger partial charge in [0.15, 0.2) is 17.3 Å². The summed E-state index contributed by atoms with van der Waals surface area (Å²) in [4.78, 5) is 14.3.